The topological polar surface area (TPSA) is 53.7 Å². The lowest BCUT2D eigenvalue weighted by molar-refractivity contribution is -0.0827. The van der Waals surface area contributed by atoms with Gasteiger partial charge in [-0.25, -0.2) is 0 Å². The van der Waals surface area contributed by atoms with E-state index in [4.69, 9.17) is 4.42 Å². The molecule has 0 radical (unpaired) electrons. The van der Waals surface area contributed by atoms with Gasteiger partial charge in [-0.15, -0.1) is 0 Å². The first kappa shape index (κ1) is 11.2. The zero-order valence-corrected chi connectivity index (χ0v) is 9.69. The molecule has 2 rings (SSSR count). The standard InChI is InChI=1S/C12H17NO3/c1-3-10-9(5-6-16-10)11(14)13-7-12(15,4-2)8-13/h5-6,15H,3-4,7-8H2,1-2H3. The van der Waals surface area contributed by atoms with Crippen molar-refractivity contribution in [2.24, 2.45) is 0 Å². The number of furan rings is 1. The van der Waals surface area contributed by atoms with Crippen molar-refractivity contribution in [2.45, 2.75) is 32.3 Å². The molecule has 88 valence electrons. The van der Waals surface area contributed by atoms with Crippen LogP contribution in [0, 0.1) is 0 Å². The number of amides is 1. The third-order valence-corrected chi connectivity index (χ3v) is 3.21. The fourth-order valence-electron chi connectivity index (χ4n) is 2.01. The van der Waals surface area contributed by atoms with E-state index in [1.807, 2.05) is 13.8 Å². The molecule has 2 heterocycles. The SMILES string of the molecule is CCc1occc1C(=O)N1CC(O)(CC)C1. The normalized spacial score (nSPS) is 18.3. The minimum absolute atomic E-state index is 0.0382. The van der Waals surface area contributed by atoms with E-state index in [0.29, 0.717) is 31.5 Å². The molecule has 16 heavy (non-hydrogen) atoms. The summed E-state index contributed by atoms with van der Waals surface area (Å²) in [5.41, 5.74) is -0.0492. The van der Waals surface area contributed by atoms with Gasteiger partial charge in [0.1, 0.15) is 5.76 Å². The van der Waals surface area contributed by atoms with Gasteiger partial charge < -0.3 is 14.4 Å². The van der Waals surface area contributed by atoms with Crippen LogP contribution in [0.15, 0.2) is 16.7 Å². The summed E-state index contributed by atoms with van der Waals surface area (Å²) in [5, 5.41) is 9.84. The lowest BCUT2D eigenvalue weighted by Crippen LogP contribution is -2.63. The van der Waals surface area contributed by atoms with Crippen LogP contribution >= 0.6 is 0 Å². The van der Waals surface area contributed by atoms with Crippen molar-refractivity contribution in [3.05, 3.63) is 23.7 Å². The fraction of sp³-hybridized carbons (Fsp3) is 0.583. The number of hydrogen-bond donors (Lipinski definition) is 1. The summed E-state index contributed by atoms with van der Waals surface area (Å²) in [7, 11) is 0. The molecule has 1 N–H and O–H groups in total. The van der Waals surface area contributed by atoms with Gasteiger partial charge in [0.15, 0.2) is 0 Å². The van der Waals surface area contributed by atoms with E-state index < -0.39 is 5.60 Å². The molecular weight excluding hydrogens is 206 g/mol. The van der Waals surface area contributed by atoms with E-state index in [9.17, 15) is 9.90 Å². The van der Waals surface area contributed by atoms with Crippen molar-refractivity contribution in [3.8, 4) is 0 Å². The molecule has 1 aromatic rings. The highest BCUT2D eigenvalue weighted by atomic mass is 16.3. The lowest BCUT2D eigenvalue weighted by atomic mass is 9.90. The summed E-state index contributed by atoms with van der Waals surface area (Å²) in [4.78, 5) is 13.7. The average molecular weight is 223 g/mol. The zero-order chi connectivity index (χ0) is 11.8. The van der Waals surface area contributed by atoms with Crippen LogP contribution in [-0.2, 0) is 6.42 Å². The molecule has 1 aromatic heterocycles. The van der Waals surface area contributed by atoms with Crippen molar-refractivity contribution in [3.63, 3.8) is 0 Å². The van der Waals surface area contributed by atoms with E-state index in [-0.39, 0.29) is 5.91 Å². The quantitative estimate of drug-likeness (QED) is 0.843. The minimum Gasteiger partial charge on any atom is -0.469 e. The molecular formula is C12H17NO3. The summed E-state index contributed by atoms with van der Waals surface area (Å²) in [6, 6.07) is 1.70. The number of nitrogens with zero attached hydrogens (tertiary/aromatic N) is 1. The minimum atomic E-state index is -0.675. The Hall–Kier alpha value is -1.29. The predicted octanol–water partition coefficient (Wildman–Crippen LogP) is 1.44. The summed E-state index contributed by atoms with van der Waals surface area (Å²) in [6.07, 6.45) is 2.93. The highest BCUT2D eigenvalue weighted by Gasteiger charge is 2.42. The molecule has 4 heteroatoms. The molecule has 0 atom stereocenters. The molecule has 0 aromatic carbocycles. The van der Waals surface area contributed by atoms with Crippen LogP contribution in [0.4, 0.5) is 0 Å². The van der Waals surface area contributed by atoms with Gasteiger partial charge in [-0.1, -0.05) is 13.8 Å². The summed E-state index contributed by atoms with van der Waals surface area (Å²) in [6.45, 7) is 4.73. The van der Waals surface area contributed by atoms with Gasteiger partial charge in [0.2, 0.25) is 0 Å². The number of hydrogen-bond acceptors (Lipinski definition) is 3. The number of likely N-dealkylation sites (tertiary alicyclic amines) is 1. The molecule has 0 unspecified atom stereocenters. The van der Waals surface area contributed by atoms with Gasteiger partial charge in [-0.05, 0) is 12.5 Å². The number of carbonyl (C=O) groups excluding carboxylic acids is 1. The van der Waals surface area contributed by atoms with E-state index in [0.717, 1.165) is 5.76 Å². The molecule has 0 aliphatic carbocycles. The molecule has 4 nitrogen and oxygen atoms in total. The number of aliphatic hydroxyl groups is 1. The van der Waals surface area contributed by atoms with Crippen LogP contribution in [0.5, 0.6) is 0 Å². The molecule has 1 saturated heterocycles. The summed E-state index contributed by atoms with van der Waals surface area (Å²) < 4.78 is 5.22. The van der Waals surface area contributed by atoms with Gasteiger partial charge in [0, 0.05) is 6.42 Å². The van der Waals surface area contributed by atoms with Crippen LogP contribution in [-0.4, -0.2) is 34.6 Å². The van der Waals surface area contributed by atoms with Gasteiger partial charge in [0.25, 0.3) is 5.91 Å². The first-order valence-electron chi connectivity index (χ1n) is 5.67. The zero-order valence-electron chi connectivity index (χ0n) is 9.69. The van der Waals surface area contributed by atoms with E-state index in [1.165, 1.54) is 6.26 Å². The van der Waals surface area contributed by atoms with E-state index >= 15 is 0 Å². The molecule has 1 amide bonds. The van der Waals surface area contributed by atoms with Gasteiger partial charge in [-0.3, -0.25) is 4.79 Å². The van der Waals surface area contributed by atoms with E-state index in [2.05, 4.69) is 0 Å². The second-order valence-corrected chi connectivity index (χ2v) is 4.35. The molecule has 1 aliphatic heterocycles. The van der Waals surface area contributed by atoms with E-state index in [1.54, 1.807) is 11.0 Å². The molecule has 0 spiro atoms. The third kappa shape index (κ3) is 1.73. The predicted molar refractivity (Wildman–Crippen MR) is 59.2 cm³/mol. The van der Waals surface area contributed by atoms with Gasteiger partial charge in [0.05, 0.1) is 30.5 Å². The third-order valence-electron chi connectivity index (χ3n) is 3.21. The Kier molecular flexibility index (Phi) is 2.76. The maximum absolute atomic E-state index is 12.0. The van der Waals surface area contributed by atoms with Crippen molar-refractivity contribution in [1.29, 1.82) is 0 Å². The molecule has 1 fully saturated rings. The van der Waals surface area contributed by atoms with Crippen LogP contribution in [0.25, 0.3) is 0 Å². The van der Waals surface area contributed by atoms with Crippen molar-refractivity contribution in [2.75, 3.05) is 13.1 Å². The van der Waals surface area contributed by atoms with Crippen LogP contribution < -0.4 is 0 Å². The van der Waals surface area contributed by atoms with Crippen LogP contribution in [0.2, 0.25) is 0 Å². The Bertz CT molecular complexity index is 391. The first-order valence-corrected chi connectivity index (χ1v) is 5.67. The van der Waals surface area contributed by atoms with Gasteiger partial charge in [-0.2, -0.15) is 0 Å². The van der Waals surface area contributed by atoms with Crippen molar-refractivity contribution < 1.29 is 14.3 Å². The van der Waals surface area contributed by atoms with Crippen molar-refractivity contribution >= 4 is 5.91 Å². The highest BCUT2D eigenvalue weighted by Crippen LogP contribution is 2.26. The number of β-amino-alcohol motifs (C(OH)–C–C–N with tert-alkyl or cyclic N) is 1. The van der Waals surface area contributed by atoms with Crippen molar-refractivity contribution in [1.82, 2.24) is 4.90 Å². The Morgan fingerprint density at radius 2 is 2.25 bits per heavy atom. The lowest BCUT2D eigenvalue weighted by Gasteiger charge is -2.46. The van der Waals surface area contributed by atoms with Gasteiger partial charge >= 0.3 is 0 Å². The molecule has 0 bridgehead atoms. The van der Waals surface area contributed by atoms with Crippen LogP contribution in [0.1, 0.15) is 36.4 Å². The Balaban J connectivity index is 2.05. The Labute approximate surface area is 94.9 Å². The maximum Gasteiger partial charge on any atom is 0.257 e. The number of aryl methyl sites for hydroxylation is 1. The molecule has 0 saturated carbocycles. The first-order chi connectivity index (χ1) is 7.59. The largest absolute Gasteiger partial charge is 0.469 e. The Morgan fingerprint density at radius 3 is 2.81 bits per heavy atom. The molecule has 1 aliphatic rings. The fourth-order valence-corrected chi connectivity index (χ4v) is 2.01. The maximum atomic E-state index is 12.0. The summed E-state index contributed by atoms with van der Waals surface area (Å²) >= 11 is 0. The average Bonchev–Trinajstić information content (AvgIpc) is 2.71. The number of carbonyl (C=O) groups is 1. The van der Waals surface area contributed by atoms with Crippen LogP contribution in [0.3, 0.4) is 0 Å². The Morgan fingerprint density at radius 1 is 1.56 bits per heavy atom. The summed E-state index contributed by atoms with van der Waals surface area (Å²) in [5.74, 6) is 0.681. The smallest absolute Gasteiger partial charge is 0.257 e. The number of rotatable bonds is 3. The second kappa shape index (κ2) is 3.94. The second-order valence-electron chi connectivity index (χ2n) is 4.35. The monoisotopic (exact) mass is 223 g/mol. The highest BCUT2D eigenvalue weighted by molar-refractivity contribution is 5.95.